The van der Waals surface area contributed by atoms with Gasteiger partial charge in [0.25, 0.3) is 11.8 Å². The smallest absolute Gasteiger partial charge is 0.347 e. The first-order valence-corrected chi connectivity index (χ1v) is 14.6. The van der Waals surface area contributed by atoms with Gasteiger partial charge in [0.2, 0.25) is 0 Å². The first-order valence-electron chi connectivity index (χ1n) is 11.3. The molecule has 1 aliphatic heterocycles. The quantitative estimate of drug-likeness (QED) is 0.363. The molecule has 2 N–H and O–H groups in total. The standard InChI is InChI=1S/C24H29N2O7PS/c1-3-32-34(29,33-4-2)22(18-11-7-5-8-12-18)21(26-23(27)19-13-9-6-10-14-19)24(28)25-20-15-16-35(30,31)17-20/h5-14,20H,3-4,15-17H2,1-2H3,(H,25,28)(H,26,27)/b22-21-. The molecule has 2 aromatic carbocycles. The lowest BCUT2D eigenvalue weighted by Gasteiger charge is -2.24. The van der Waals surface area contributed by atoms with Crippen molar-refractivity contribution in [3.05, 3.63) is 77.5 Å². The fourth-order valence-electron chi connectivity index (χ4n) is 3.71. The third-order valence-corrected chi connectivity index (χ3v) is 9.22. The molecule has 2 aromatic rings. The van der Waals surface area contributed by atoms with Gasteiger partial charge in [0.15, 0.2) is 9.84 Å². The van der Waals surface area contributed by atoms with Crippen LogP contribution < -0.4 is 10.6 Å². The lowest BCUT2D eigenvalue weighted by Crippen LogP contribution is -2.41. The minimum absolute atomic E-state index is 0.0238. The Hall–Kier alpha value is -2.78. The molecule has 1 unspecified atom stereocenters. The van der Waals surface area contributed by atoms with Crippen molar-refractivity contribution < 1.29 is 31.6 Å². The highest BCUT2D eigenvalue weighted by molar-refractivity contribution is 7.91. The van der Waals surface area contributed by atoms with Crippen LogP contribution in [0.3, 0.4) is 0 Å². The minimum atomic E-state index is -4.09. The van der Waals surface area contributed by atoms with Gasteiger partial charge >= 0.3 is 7.60 Å². The molecule has 188 valence electrons. The summed E-state index contributed by atoms with van der Waals surface area (Å²) in [4.78, 5) is 26.6. The van der Waals surface area contributed by atoms with Crippen molar-refractivity contribution in [2.45, 2.75) is 26.3 Å². The molecule has 0 saturated carbocycles. The summed E-state index contributed by atoms with van der Waals surface area (Å²) >= 11 is 0. The van der Waals surface area contributed by atoms with Gasteiger partial charge in [-0.15, -0.1) is 0 Å². The van der Waals surface area contributed by atoms with Gasteiger partial charge in [-0.05, 0) is 38.0 Å². The van der Waals surface area contributed by atoms with Crippen molar-refractivity contribution in [3.8, 4) is 0 Å². The van der Waals surface area contributed by atoms with Crippen molar-refractivity contribution in [2.75, 3.05) is 24.7 Å². The average Bonchev–Trinajstić information content (AvgIpc) is 3.18. The van der Waals surface area contributed by atoms with Gasteiger partial charge < -0.3 is 19.7 Å². The number of carbonyl (C=O) groups is 2. The zero-order chi connectivity index (χ0) is 25.5. The van der Waals surface area contributed by atoms with Gasteiger partial charge in [-0.2, -0.15) is 0 Å². The SMILES string of the molecule is CCOP(=O)(OCC)/C(=C(\NC(=O)c1ccccc1)C(=O)NC1CCS(=O)(=O)C1)c1ccccc1. The predicted molar refractivity (Wildman–Crippen MR) is 133 cm³/mol. The monoisotopic (exact) mass is 520 g/mol. The Balaban J connectivity index is 2.16. The summed E-state index contributed by atoms with van der Waals surface area (Å²) in [7, 11) is -7.37. The summed E-state index contributed by atoms with van der Waals surface area (Å²) in [5.74, 6) is -1.65. The molecule has 2 amide bonds. The highest BCUT2D eigenvalue weighted by Crippen LogP contribution is 2.61. The molecule has 0 aromatic heterocycles. The number of nitrogens with one attached hydrogen (secondary N) is 2. The maximum atomic E-state index is 14.0. The van der Waals surface area contributed by atoms with Crippen LogP contribution >= 0.6 is 7.60 Å². The molecule has 1 fully saturated rings. The van der Waals surface area contributed by atoms with Crippen LogP contribution in [0.5, 0.6) is 0 Å². The second-order valence-electron chi connectivity index (χ2n) is 7.82. The molecular formula is C24H29N2O7PS. The topological polar surface area (TPSA) is 128 Å². The Kier molecular flexibility index (Phi) is 9.02. The Morgan fingerprint density at radius 3 is 1.97 bits per heavy atom. The lowest BCUT2D eigenvalue weighted by atomic mass is 10.1. The molecule has 1 aliphatic rings. The second kappa shape index (κ2) is 11.8. The van der Waals surface area contributed by atoms with E-state index in [2.05, 4.69) is 10.6 Å². The van der Waals surface area contributed by atoms with E-state index >= 15 is 0 Å². The highest BCUT2D eigenvalue weighted by Gasteiger charge is 2.38. The Labute approximate surface area is 205 Å². The molecule has 3 rings (SSSR count). The highest BCUT2D eigenvalue weighted by atomic mass is 32.2. The van der Waals surface area contributed by atoms with Gasteiger partial charge in [-0.1, -0.05) is 48.5 Å². The van der Waals surface area contributed by atoms with Gasteiger partial charge in [0.1, 0.15) is 11.0 Å². The Morgan fingerprint density at radius 2 is 1.49 bits per heavy atom. The molecule has 35 heavy (non-hydrogen) atoms. The molecule has 0 spiro atoms. The van der Waals surface area contributed by atoms with Gasteiger partial charge in [0, 0.05) is 11.6 Å². The number of benzene rings is 2. The van der Waals surface area contributed by atoms with Crippen LogP contribution in [0, 0.1) is 0 Å². The van der Waals surface area contributed by atoms with E-state index in [-0.39, 0.29) is 47.7 Å². The van der Waals surface area contributed by atoms with Gasteiger partial charge in [-0.25, -0.2) is 8.42 Å². The van der Waals surface area contributed by atoms with Gasteiger partial charge in [0.05, 0.1) is 24.7 Å². The third kappa shape index (κ3) is 6.89. The van der Waals surface area contributed by atoms with Crippen LogP contribution in [0.2, 0.25) is 0 Å². The molecule has 11 heteroatoms. The van der Waals surface area contributed by atoms with Gasteiger partial charge in [-0.3, -0.25) is 14.2 Å². The van der Waals surface area contributed by atoms with E-state index in [1.54, 1.807) is 74.5 Å². The van der Waals surface area contributed by atoms with Crippen LogP contribution in [0.4, 0.5) is 0 Å². The predicted octanol–water partition coefficient (Wildman–Crippen LogP) is 3.35. The van der Waals surface area contributed by atoms with Crippen LogP contribution in [0.1, 0.15) is 36.2 Å². The first kappa shape index (κ1) is 26.8. The van der Waals surface area contributed by atoms with Crippen molar-refractivity contribution in [3.63, 3.8) is 0 Å². The molecular weight excluding hydrogens is 491 g/mol. The molecule has 1 heterocycles. The summed E-state index contributed by atoms with van der Waals surface area (Å²) in [5.41, 5.74) is 0.311. The molecule has 0 bridgehead atoms. The fraction of sp³-hybridized carbons (Fsp3) is 0.333. The number of sulfone groups is 1. The van der Waals surface area contributed by atoms with Crippen molar-refractivity contribution in [2.24, 2.45) is 0 Å². The second-order valence-corrected chi connectivity index (χ2v) is 12.0. The van der Waals surface area contributed by atoms with Crippen LogP contribution in [0.15, 0.2) is 66.4 Å². The van der Waals surface area contributed by atoms with Crippen molar-refractivity contribution >= 4 is 34.6 Å². The zero-order valence-electron chi connectivity index (χ0n) is 19.6. The average molecular weight is 521 g/mol. The number of amides is 2. The summed E-state index contributed by atoms with van der Waals surface area (Å²) in [5, 5.41) is 5.16. The van der Waals surface area contributed by atoms with E-state index in [1.165, 1.54) is 0 Å². The summed E-state index contributed by atoms with van der Waals surface area (Å²) in [6.07, 6.45) is 0.239. The largest absolute Gasteiger partial charge is 0.364 e. The third-order valence-electron chi connectivity index (χ3n) is 5.23. The van der Waals surface area contributed by atoms with Crippen molar-refractivity contribution in [1.29, 1.82) is 0 Å². The summed E-state index contributed by atoms with van der Waals surface area (Å²) < 4.78 is 48.9. The lowest BCUT2D eigenvalue weighted by molar-refractivity contribution is -0.118. The number of rotatable bonds is 10. The normalized spacial score (nSPS) is 17.9. The molecule has 9 nitrogen and oxygen atoms in total. The van der Waals surface area contributed by atoms with E-state index in [1.807, 2.05) is 0 Å². The van der Waals surface area contributed by atoms with Crippen molar-refractivity contribution in [1.82, 2.24) is 10.6 Å². The maximum Gasteiger partial charge on any atom is 0.364 e. The number of hydrogen-bond donors (Lipinski definition) is 2. The van der Waals surface area contributed by atoms with Crippen LogP contribution in [0.25, 0.3) is 5.31 Å². The van der Waals surface area contributed by atoms with Crippen LogP contribution in [-0.4, -0.2) is 51.0 Å². The zero-order valence-corrected chi connectivity index (χ0v) is 21.3. The number of hydrogen-bond acceptors (Lipinski definition) is 7. The summed E-state index contributed by atoms with van der Waals surface area (Å²) in [6, 6.07) is 16.0. The maximum absolute atomic E-state index is 14.0. The Morgan fingerprint density at radius 1 is 0.943 bits per heavy atom. The van der Waals surface area contributed by atoms with E-state index in [4.69, 9.17) is 9.05 Å². The van der Waals surface area contributed by atoms with Crippen LogP contribution in [-0.2, 0) is 28.2 Å². The minimum Gasteiger partial charge on any atom is -0.347 e. The van der Waals surface area contributed by atoms with E-state index in [9.17, 15) is 22.6 Å². The van der Waals surface area contributed by atoms with E-state index in [0.717, 1.165) is 0 Å². The van der Waals surface area contributed by atoms with E-state index in [0.29, 0.717) is 5.56 Å². The fourth-order valence-corrected chi connectivity index (χ4v) is 7.29. The first-order chi connectivity index (χ1) is 16.7. The molecule has 0 aliphatic carbocycles. The summed E-state index contributed by atoms with van der Waals surface area (Å²) in [6.45, 7) is 3.33. The molecule has 1 saturated heterocycles. The Bertz CT molecular complexity index is 1220. The van der Waals surface area contributed by atoms with E-state index < -0.39 is 35.3 Å². The number of carbonyl (C=O) groups excluding carboxylic acids is 2. The molecule has 1 atom stereocenters. The molecule has 0 radical (unpaired) electrons.